The number of rotatable bonds is 9. The van der Waals surface area contributed by atoms with Crippen LogP contribution in [0.5, 0.6) is 0 Å². The third-order valence-electron chi connectivity index (χ3n) is 10.1. The van der Waals surface area contributed by atoms with Crippen molar-refractivity contribution in [2.75, 3.05) is 16.0 Å². The molecule has 0 unspecified atom stereocenters. The van der Waals surface area contributed by atoms with E-state index in [0.29, 0.717) is 5.82 Å². The number of hydrogen-bond acceptors (Lipinski definition) is 3. The summed E-state index contributed by atoms with van der Waals surface area (Å²) in [4.78, 5) is 2.23. The number of benzene rings is 7. The van der Waals surface area contributed by atoms with Crippen molar-refractivity contribution in [3.8, 4) is 11.4 Å². The lowest BCUT2D eigenvalue weighted by molar-refractivity contribution is 1.14. The molecule has 0 fully saturated rings. The number of para-hydroxylation sites is 4. The van der Waals surface area contributed by atoms with Gasteiger partial charge in [0, 0.05) is 50.3 Å². The van der Waals surface area contributed by atoms with Crippen LogP contribution in [-0.4, -0.2) is 9.13 Å². The van der Waals surface area contributed by atoms with E-state index < -0.39 is 0 Å². The Bertz CT molecular complexity index is 2830. The second-order valence-electron chi connectivity index (χ2n) is 13.8. The topological polar surface area (TPSA) is 51.1 Å². The third-order valence-corrected chi connectivity index (χ3v) is 10.1. The number of fused-ring (bicyclic) bond motifs is 5. The second kappa shape index (κ2) is 18.6. The Morgan fingerprint density at radius 3 is 1.76 bits per heavy atom. The first-order chi connectivity index (χ1) is 29.1. The molecule has 292 valence electrons. The van der Waals surface area contributed by atoms with Gasteiger partial charge >= 0.3 is 0 Å². The molecule has 0 radical (unpaired) electrons. The molecule has 59 heavy (non-hydrogen) atoms. The lowest BCUT2D eigenvalue weighted by atomic mass is 10.1. The van der Waals surface area contributed by atoms with E-state index >= 15 is 0 Å². The molecule has 0 spiro atoms. The summed E-state index contributed by atoms with van der Waals surface area (Å²) in [6.45, 7) is 12.2. The van der Waals surface area contributed by atoms with Gasteiger partial charge in [-0.15, -0.1) is 0 Å². The highest BCUT2D eigenvalue weighted by atomic mass is 15.1. The fraction of sp³-hybridized carbons (Fsp3) is 0.0741. The monoisotopic (exact) mass is 769 g/mol. The molecule has 9 aromatic rings. The normalized spacial score (nSPS) is 11.2. The first-order valence-electron chi connectivity index (χ1n) is 20.2. The van der Waals surface area contributed by atoms with Crippen molar-refractivity contribution in [3.05, 3.63) is 224 Å². The fourth-order valence-electron chi connectivity index (χ4n) is 7.51. The first kappa shape index (κ1) is 39.7. The van der Waals surface area contributed by atoms with Crippen molar-refractivity contribution >= 4 is 61.3 Å². The number of nitrogens with zero attached hydrogens (tertiary/aromatic N) is 3. The van der Waals surface area contributed by atoms with Crippen LogP contribution < -0.4 is 16.0 Å². The number of hydrogen-bond donors (Lipinski definition) is 2. The Hall–Kier alpha value is -7.50. The van der Waals surface area contributed by atoms with E-state index in [1.54, 1.807) is 0 Å². The van der Waals surface area contributed by atoms with E-state index in [9.17, 15) is 0 Å². The van der Waals surface area contributed by atoms with Crippen LogP contribution in [0.2, 0.25) is 0 Å². The SMILES string of the molecule is C=C/C(=C\C=C/C)N(c1ccccc1)c1ccc(-n2c3ccccc3c3c4c(ccc32)c(Nc2ccccc2)c(N)n4-c2ccccc2)cc1.CC.Cc1ccccc1. The van der Waals surface area contributed by atoms with E-state index in [0.717, 1.165) is 72.5 Å². The van der Waals surface area contributed by atoms with Crippen LogP contribution in [0.25, 0.3) is 44.1 Å². The van der Waals surface area contributed by atoms with Crippen LogP contribution in [0.3, 0.4) is 0 Å². The maximum atomic E-state index is 7.08. The molecule has 0 aliphatic heterocycles. The summed E-state index contributed by atoms with van der Waals surface area (Å²) in [5.74, 6) is 0.661. The third kappa shape index (κ3) is 8.18. The fourth-order valence-corrected chi connectivity index (χ4v) is 7.51. The summed E-state index contributed by atoms with van der Waals surface area (Å²) in [7, 11) is 0. The summed E-state index contributed by atoms with van der Waals surface area (Å²) in [5, 5.41) is 7.01. The number of nitrogens with two attached hydrogens (primary N) is 1. The summed E-state index contributed by atoms with van der Waals surface area (Å²) < 4.78 is 4.54. The van der Waals surface area contributed by atoms with E-state index in [1.165, 1.54) is 5.56 Å². The molecule has 0 atom stereocenters. The minimum atomic E-state index is 0.661. The van der Waals surface area contributed by atoms with Gasteiger partial charge in [0.1, 0.15) is 5.82 Å². The molecule has 7 aromatic carbocycles. The van der Waals surface area contributed by atoms with Crippen LogP contribution in [0, 0.1) is 6.92 Å². The van der Waals surface area contributed by atoms with Gasteiger partial charge in [0.2, 0.25) is 0 Å². The average molecular weight is 770 g/mol. The molecular formula is C54H51N5. The van der Waals surface area contributed by atoms with Gasteiger partial charge in [-0.3, -0.25) is 4.57 Å². The molecule has 0 bridgehead atoms. The molecule has 0 saturated carbocycles. The van der Waals surface area contributed by atoms with Gasteiger partial charge in [0.25, 0.3) is 0 Å². The number of nitrogens with one attached hydrogen (secondary N) is 1. The van der Waals surface area contributed by atoms with Crippen LogP contribution in [-0.2, 0) is 0 Å². The lowest BCUT2D eigenvalue weighted by Crippen LogP contribution is -2.15. The number of anilines is 5. The lowest BCUT2D eigenvalue weighted by Gasteiger charge is -2.26. The Morgan fingerprint density at radius 2 is 1.15 bits per heavy atom. The van der Waals surface area contributed by atoms with Gasteiger partial charge in [-0.2, -0.15) is 0 Å². The highest BCUT2D eigenvalue weighted by molar-refractivity contribution is 6.24. The molecule has 0 aliphatic rings. The summed E-state index contributed by atoms with van der Waals surface area (Å²) in [5.41, 5.74) is 18.7. The molecule has 9 rings (SSSR count). The van der Waals surface area contributed by atoms with Gasteiger partial charge in [-0.25, -0.2) is 0 Å². The van der Waals surface area contributed by atoms with Gasteiger partial charge < -0.3 is 20.5 Å². The zero-order valence-corrected chi connectivity index (χ0v) is 34.3. The Labute approximate surface area is 348 Å². The molecule has 0 saturated heterocycles. The molecular weight excluding hydrogens is 719 g/mol. The van der Waals surface area contributed by atoms with Crippen molar-refractivity contribution in [2.45, 2.75) is 27.7 Å². The summed E-state index contributed by atoms with van der Waals surface area (Å²) in [6.07, 6.45) is 8.05. The molecule has 5 heteroatoms. The molecule has 0 aliphatic carbocycles. The minimum Gasteiger partial charge on any atom is -0.383 e. The Morgan fingerprint density at radius 1 is 0.593 bits per heavy atom. The maximum absolute atomic E-state index is 7.08. The van der Waals surface area contributed by atoms with E-state index in [1.807, 2.05) is 87.5 Å². The molecule has 3 N–H and O–H groups in total. The van der Waals surface area contributed by atoms with Gasteiger partial charge in [0.15, 0.2) is 0 Å². The highest BCUT2D eigenvalue weighted by Gasteiger charge is 2.23. The Balaban J connectivity index is 0.000000527. The summed E-state index contributed by atoms with van der Waals surface area (Å²) >= 11 is 0. The van der Waals surface area contributed by atoms with Crippen molar-refractivity contribution in [2.24, 2.45) is 0 Å². The molecule has 5 nitrogen and oxygen atoms in total. The van der Waals surface area contributed by atoms with Gasteiger partial charge in [-0.05, 0) is 105 Å². The number of nitrogen functional groups attached to an aromatic ring is 1. The van der Waals surface area contributed by atoms with E-state index in [2.05, 4.69) is 172 Å². The average Bonchev–Trinajstić information content (AvgIpc) is 3.78. The van der Waals surface area contributed by atoms with Crippen molar-refractivity contribution in [3.63, 3.8) is 0 Å². The number of aromatic nitrogens is 2. The molecule has 2 heterocycles. The van der Waals surface area contributed by atoms with E-state index in [4.69, 9.17) is 5.73 Å². The van der Waals surface area contributed by atoms with Gasteiger partial charge in [-0.1, -0.05) is 141 Å². The summed E-state index contributed by atoms with van der Waals surface area (Å²) in [6, 6.07) is 63.0. The van der Waals surface area contributed by atoms with Gasteiger partial charge in [0.05, 0.1) is 22.2 Å². The first-order valence-corrected chi connectivity index (χ1v) is 20.2. The van der Waals surface area contributed by atoms with E-state index in [-0.39, 0.29) is 0 Å². The molecule has 2 aromatic heterocycles. The predicted molar refractivity (Wildman–Crippen MR) is 256 cm³/mol. The quantitative estimate of drug-likeness (QED) is 0.144. The second-order valence-corrected chi connectivity index (χ2v) is 13.8. The van der Waals surface area contributed by atoms with Crippen LogP contribution in [0.1, 0.15) is 26.3 Å². The molecule has 0 amide bonds. The Kier molecular flexibility index (Phi) is 12.5. The van der Waals surface area contributed by atoms with Crippen LogP contribution in [0.15, 0.2) is 219 Å². The zero-order chi connectivity index (χ0) is 41.1. The zero-order valence-electron chi connectivity index (χ0n) is 34.3. The van der Waals surface area contributed by atoms with Crippen molar-refractivity contribution in [1.29, 1.82) is 0 Å². The smallest absolute Gasteiger partial charge is 0.133 e. The number of aryl methyl sites for hydroxylation is 1. The largest absolute Gasteiger partial charge is 0.383 e. The van der Waals surface area contributed by atoms with Crippen molar-refractivity contribution < 1.29 is 0 Å². The predicted octanol–water partition coefficient (Wildman–Crippen LogP) is 14.9. The minimum absolute atomic E-state index is 0.661. The van der Waals surface area contributed by atoms with Crippen LogP contribution >= 0.6 is 0 Å². The highest BCUT2D eigenvalue weighted by Crippen LogP contribution is 2.45. The number of allylic oxidation sites excluding steroid dienone is 4. The maximum Gasteiger partial charge on any atom is 0.133 e. The van der Waals surface area contributed by atoms with Crippen molar-refractivity contribution in [1.82, 2.24) is 9.13 Å². The van der Waals surface area contributed by atoms with Crippen LogP contribution in [0.4, 0.5) is 28.6 Å². The standard InChI is InChI=1S/C45H37N5.C7H8.C2H6/c1-3-5-19-33(4-2)48(34-20-11-7-12-21-34)36-26-28-37(29-27-36)49-40-25-16-15-24-38(40)42-41(49)31-30-39-43(47-32-17-9-6-10-18-32)45(46)50(44(39)42)35-22-13-8-14-23-35;1-7-5-3-2-4-6-7;1-2/h3-31,47H,2,46H2,1H3;2-6H,1H3;1-2H3/b5-3-,33-19+;;.